The van der Waals surface area contributed by atoms with Gasteiger partial charge in [-0.15, -0.1) is 0 Å². The average molecular weight is 579 g/mol. The van der Waals surface area contributed by atoms with Crippen LogP contribution in [0.3, 0.4) is 0 Å². The summed E-state index contributed by atoms with van der Waals surface area (Å²) in [5.74, 6) is -1.21. The fourth-order valence-corrected chi connectivity index (χ4v) is 6.28. The lowest BCUT2D eigenvalue weighted by Gasteiger charge is -2.09. The van der Waals surface area contributed by atoms with Crippen molar-refractivity contribution in [2.45, 2.75) is 23.3 Å². The number of benzene rings is 3. The molecule has 4 rings (SSSR count). The number of nitrogens with two attached hydrogens (primary N) is 1. The summed E-state index contributed by atoms with van der Waals surface area (Å²) in [5, 5.41) is 5.26. The fraction of sp³-hybridized carbons (Fsp3) is 0.167. The maximum Gasteiger partial charge on any atom is 0.279 e. The van der Waals surface area contributed by atoms with Crippen LogP contribution in [0.2, 0.25) is 0 Å². The van der Waals surface area contributed by atoms with Gasteiger partial charge in [-0.3, -0.25) is 9.52 Å². The van der Waals surface area contributed by atoms with Crippen LogP contribution in [0.1, 0.15) is 17.3 Å². The Morgan fingerprint density at radius 2 is 1.76 bits per heavy atom. The Morgan fingerprint density at radius 3 is 2.45 bits per heavy atom. The molecule has 3 N–H and O–H groups in total. The fourth-order valence-electron chi connectivity index (χ4n) is 3.53. The second-order valence-electron chi connectivity index (χ2n) is 7.96. The van der Waals surface area contributed by atoms with Crippen molar-refractivity contribution in [2.75, 3.05) is 17.9 Å². The van der Waals surface area contributed by atoms with E-state index >= 15 is 0 Å². The van der Waals surface area contributed by atoms with Gasteiger partial charge in [-0.2, -0.15) is 4.99 Å². The van der Waals surface area contributed by atoms with Crippen molar-refractivity contribution in [3.63, 3.8) is 0 Å². The molecule has 0 aliphatic rings. The largest absolute Gasteiger partial charge is 0.380 e. The van der Waals surface area contributed by atoms with E-state index in [4.69, 9.17) is 9.88 Å². The van der Waals surface area contributed by atoms with E-state index in [1.807, 2.05) is 6.92 Å². The zero-order chi connectivity index (χ0) is 27.5. The molecule has 1 heterocycles. The van der Waals surface area contributed by atoms with Crippen molar-refractivity contribution >= 4 is 53.2 Å². The molecule has 0 atom stereocenters. The molecule has 3 aromatic carbocycles. The summed E-state index contributed by atoms with van der Waals surface area (Å²) in [5.41, 5.74) is 0.881. The first-order chi connectivity index (χ1) is 18.0. The van der Waals surface area contributed by atoms with E-state index in [0.29, 0.717) is 34.8 Å². The second kappa shape index (κ2) is 11.1. The topological polar surface area (TPSA) is 150 Å². The Bertz CT molecular complexity index is 1780. The van der Waals surface area contributed by atoms with Crippen molar-refractivity contribution < 1.29 is 30.8 Å². The maximum absolute atomic E-state index is 13.2. The Labute approximate surface area is 222 Å². The first kappa shape index (κ1) is 27.6. The van der Waals surface area contributed by atoms with Crippen molar-refractivity contribution in [2.24, 2.45) is 10.1 Å². The smallest absolute Gasteiger partial charge is 0.279 e. The molecule has 38 heavy (non-hydrogen) atoms. The molecular formula is C24H23FN4O6S3. The number of aromatic nitrogens is 1. The molecule has 14 heteroatoms. The minimum absolute atomic E-state index is 0.0674. The highest BCUT2D eigenvalue weighted by Crippen LogP contribution is 2.22. The summed E-state index contributed by atoms with van der Waals surface area (Å²) < 4.78 is 72.1. The number of rotatable bonds is 9. The van der Waals surface area contributed by atoms with Crippen LogP contribution >= 0.6 is 11.3 Å². The first-order valence-electron chi connectivity index (χ1n) is 11.2. The summed E-state index contributed by atoms with van der Waals surface area (Å²) in [6.45, 7) is 3.03. The SMILES string of the molecule is CCOCCn1c(=NC(=O)c2cccc(NS(=O)(=O)c3ccc(F)cc3)c2)sc2cc(S(N)(=O)=O)ccc21. The van der Waals surface area contributed by atoms with Gasteiger partial charge in [0.05, 0.1) is 26.6 Å². The average Bonchev–Trinajstić information content (AvgIpc) is 3.20. The van der Waals surface area contributed by atoms with E-state index in [1.54, 1.807) is 10.6 Å². The second-order valence-corrected chi connectivity index (χ2v) is 12.2. The standard InChI is InChI=1S/C24H23FN4O6S3/c1-2-35-13-12-29-21-11-10-20(37(26,31)32)15-22(21)36-24(29)27-23(30)16-4-3-5-18(14-16)28-38(33,34)19-8-6-17(25)7-9-19/h3-11,14-15,28H,2,12-13H2,1H3,(H2,26,31,32). The van der Waals surface area contributed by atoms with Crippen molar-refractivity contribution in [1.82, 2.24) is 4.57 Å². The highest BCUT2D eigenvalue weighted by atomic mass is 32.2. The van der Waals surface area contributed by atoms with Gasteiger partial charge in [-0.05, 0) is 67.6 Å². The number of nitrogens with zero attached hydrogens (tertiary/aromatic N) is 2. The van der Waals surface area contributed by atoms with Gasteiger partial charge >= 0.3 is 0 Å². The number of sulfonamides is 2. The van der Waals surface area contributed by atoms with Gasteiger partial charge in [0.15, 0.2) is 4.80 Å². The van der Waals surface area contributed by atoms with Gasteiger partial charge < -0.3 is 9.30 Å². The van der Waals surface area contributed by atoms with Gasteiger partial charge in [-0.1, -0.05) is 17.4 Å². The minimum atomic E-state index is -4.02. The van der Waals surface area contributed by atoms with E-state index < -0.39 is 31.8 Å². The molecule has 4 aromatic rings. The van der Waals surface area contributed by atoms with E-state index in [9.17, 15) is 26.0 Å². The lowest BCUT2D eigenvalue weighted by atomic mass is 10.2. The van der Waals surface area contributed by atoms with Gasteiger partial charge in [0.2, 0.25) is 10.0 Å². The van der Waals surface area contributed by atoms with Crippen LogP contribution in [0.4, 0.5) is 10.1 Å². The molecule has 10 nitrogen and oxygen atoms in total. The Kier molecular flexibility index (Phi) is 8.08. The minimum Gasteiger partial charge on any atom is -0.380 e. The number of thiazole rings is 1. The number of halogens is 1. The van der Waals surface area contributed by atoms with Crippen LogP contribution in [0, 0.1) is 5.82 Å². The quantitative estimate of drug-likeness (QED) is 0.292. The van der Waals surface area contributed by atoms with Crippen LogP contribution in [0.25, 0.3) is 10.2 Å². The Hall–Kier alpha value is -3.43. The molecule has 200 valence electrons. The van der Waals surface area contributed by atoms with E-state index in [-0.39, 0.29) is 21.0 Å². The van der Waals surface area contributed by atoms with Crippen LogP contribution < -0.4 is 14.7 Å². The van der Waals surface area contributed by atoms with E-state index in [0.717, 1.165) is 35.6 Å². The maximum atomic E-state index is 13.2. The Balaban J connectivity index is 1.69. The number of hydrogen-bond donors (Lipinski definition) is 2. The third-order valence-corrected chi connectivity index (χ3v) is 8.68. The molecule has 0 fully saturated rings. The highest BCUT2D eigenvalue weighted by Gasteiger charge is 2.17. The lowest BCUT2D eigenvalue weighted by Crippen LogP contribution is -2.20. The molecule has 1 aromatic heterocycles. The number of ether oxygens (including phenoxy) is 1. The molecule has 0 radical (unpaired) electrons. The highest BCUT2D eigenvalue weighted by molar-refractivity contribution is 7.92. The first-order valence-corrected chi connectivity index (χ1v) is 15.0. The molecular weight excluding hydrogens is 555 g/mol. The van der Waals surface area contributed by atoms with E-state index in [1.165, 1.54) is 36.4 Å². The number of anilines is 1. The lowest BCUT2D eigenvalue weighted by molar-refractivity contribution is 0.0996. The molecule has 0 spiro atoms. The number of carbonyl (C=O) groups is 1. The van der Waals surface area contributed by atoms with Crippen molar-refractivity contribution in [3.05, 3.63) is 82.9 Å². The molecule has 0 aliphatic heterocycles. The predicted molar refractivity (Wildman–Crippen MR) is 141 cm³/mol. The number of fused-ring (bicyclic) bond motifs is 1. The van der Waals surface area contributed by atoms with Crippen molar-refractivity contribution in [1.29, 1.82) is 0 Å². The molecule has 1 amide bonds. The van der Waals surface area contributed by atoms with Crippen LogP contribution in [0.15, 0.2) is 81.5 Å². The summed E-state index contributed by atoms with van der Waals surface area (Å²) in [6.07, 6.45) is 0. The molecule has 0 bridgehead atoms. The monoisotopic (exact) mass is 578 g/mol. The van der Waals surface area contributed by atoms with Gasteiger partial charge in [0, 0.05) is 24.4 Å². The van der Waals surface area contributed by atoms with Gasteiger partial charge in [-0.25, -0.2) is 26.4 Å². The summed E-state index contributed by atoms with van der Waals surface area (Å²) in [7, 11) is -7.94. The van der Waals surface area contributed by atoms with Gasteiger partial charge in [0.1, 0.15) is 5.82 Å². The van der Waals surface area contributed by atoms with Crippen LogP contribution in [-0.4, -0.2) is 40.5 Å². The van der Waals surface area contributed by atoms with E-state index in [2.05, 4.69) is 9.71 Å². The number of primary sulfonamides is 1. The van der Waals surface area contributed by atoms with Crippen LogP contribution in [0.5, 0.6) is 0 Å². The summed E-state index contributed by atoms with van der Waals surface area (Å²) >= 11 is 1.11. The van der Waals surface area contributed by atoms with Crippen molar-refractivity contribution in [3.8, 4) is 0 Å². The predicted octanol–water partition coefficient (Wildman–Crippen LogP) is 3.07. The number of nitrogens with one attached hydrogen (secondary N) is 1. The summed E-state index contributed by atoms with van der Waals surface area (Å²) in [4.78, 5) is 17.4. The Morgan fingerprint density at radius 1 is 1.05 bits per heavy atom. The third kappa shape index (κ3) is 6.34. The van der Waals surface area contributed by atoms with Crippen LogP contribution in [-0.2, 0) is 31.3 Å². The molecule has 0 aliphatic carbocycles. The zero-order valence-corrected chi connectivity index (χ0v) is 22.4. The molecule has 0 saturated heterocycles. The number of hydrogen-bond acceptors (Lipinski definition) is 7. The molecule has 0 saturated carbocycles. The zero-order valence-electron chi connectivity index (χ0n) is 20.0. The third-order valence-electron chi connectivity index (χ3n) is 5.33. The number of amides is 1. The normalized spacial score (nSPS) is 12.7. The summed E-state index contributed by atoms with van der Waals surface area (Å²) in [6, 6.07) is 14.5. The van der Waals surface area contributed by atoms with Gasteiger partial charge in [0.25, 0.3) is 15.9 Å². The molecule has 0 unspecified atom stereocenters. The number of carbonyl (C=O) groups excluding carboxylic acids is 1.